The van der Waals surface area contributed by atoms with E-state index in [0.717, 1.165) is 28.3 Å². The third-order valence-corrected chi connectivity index (χ3v) is 3.83. The molecule has 0 aliphatic rings. The van der Waals surface area contributed by atoms with E-state index in [1.165, 1.54) is 6.07 Å². The zero-order valence-electron chi connectivity index (χ0n) is 13.2. The third kappa shape index (κ3) is 5.17. The molecular formula is C17H20FN3OS. The first-order valence-electron chi connectivity index (χ1n) is 7.09. The summed E-state index contributed by atoms with van der Waals surface area (Å²) in [6.07, 6.45) is 1.98. The fourth-order valence-electron chi connectivity index (χ4n) is 2.10. The molecule has 0 bridgehead atoms. The van der Waals surface area contributed by atoms with Crippen molar-refractivity contribution in [2.24, 2.45) is 10.7 Å². The van der Waals surface area contributed by atoms with Crippen molar-refractivity contribution in [3.05, 3.63) is 59.4 Å². The molecule has 2 aromatic rings. The minimum absolute atomic E-state index is 0.232. The van der Waals surface area contributed by atoms with Crippen LogP contribution in [-0.2, 0) is 12.3 Å². The van der Waals surface area contributed by atoms with Gasteiger partial charge in [0.25, 0.3) is 0 Å². The number of anilines is 1. The summed E-state index contributed by atoms with van der Waals surface area (Å²) in [6, 6.07) is 12.2. The molecule has 0 saturated heterocycles. The van der Waals surface area contributed by atoms with Crippen molar-refractivity contribution in [3.63, 3.8) is 0 Å². The number of hydrogen-bond acceptors (Lipinski definition) is 3. The lowest BCUT2D eigenvalue weighted by Crippen LogP contribution is -2.22. The van der Waals surface area contributed by atoms with E-state index in [-0.39, 0.29) is 5.82 Å². The van der Waals surface area contributed by atoms with Crippen molar-refractivity contribution in [1.82, 2.24) is 0 Å². The summed E-state index contributed by atoms with van der Waals surface area (Å²) in [5.74, 6) is 1.55. The molecule has 0 spiro atoms. The summed E-state index contributed by atoms with van der Waals surface area (Å²) in [4.78, 5) is 4.33. The molecule has 0 aliphatic heterocycles. The van der Waals surface area contributed by atoms with E-state index in [2.05, 4.69) is 10.3 Å². The van der Waals surface area contributed by atoms with Gasteiger partial charge in [0.15, 0.2) is 5.96 Å². The summed E-state index contributed by atoms with van der Waals surface area (Å²) >= 11 is 1.64. The number of benzene rings is 2. The van der Waals surface area contributed by atoms with Crippen molar-refractivity contribution in [3.8, 4) is 5.75 Å². The normalized spacial score (nSPS) is 11.3. The molecule has 0 radical (unpaired) electrons. The molecular weight excluding hydrogens is 313 g/mol. The van der Waals surface area contributed by atoms with Crippen LogP contribution in [0, 0.1) is 5.82 Å². The molecule has 122 valence electrons. The van der Waals surface area contributed by atoms with Crippen LogP contribution in [0.3, 0.4) is 0 Å². The van der Waals surface area contributed by atoms with Gasteiger partial charge >= 0.3 is 0 Å². The van der Waals surface area contributed by atoms with Gasteiger partial charge in [-0.2, -0.15) is 11.8 Å². The van der Waals surface area contributed by atoms with E-state index < -0.39 is 0 Å². The number of nitrogens with zero attached hydrogens (tertiary/aromatic N) is 1. The molecule has 6 heteroatoms. The second-order valence-corrected chi connectivity index (χ2v) is 5.77. The van der Waals surface area contributed by atoms with Crippen molar-refractivity contribution in [2.75, 3.05) is 18.7 Å². The van der Waals surface area contributed by atoms with E-state index in [1.54, 1.807) is 31.0 Å². The number of hydrogen-bond donors (Lipinski definition) is 2. The van der Waals surface area contributed by atoms with Gasteiger partial charge in [-0.05, 0) is 41.6 Å². The molecule has 0 fully saturated rings. The Labute approximate surface area is 140 Å². The molecule has 2 rings (SSSR count). The zero-order chi connectivity index (χ0) is 16.7. The number of rotatable bonds is 6. The Balaban J connectivity index is 2.07. The first kappa shape index (κ1) is 17.1. The van der Waals surface area contributed by atoms with Crippen molar-refractivity contribution in [2.45, 2.75) is 12.3 Å². The van der Waals surface area contributed by atoms with Crippen LogP contribution in [0.4, 0.5) is 10.1 Å². The van der Waals surface area contributed by atoms with E-state index in [4.69, 9.17) is 10.5 Å². The Morgan fingerprint density at radius 3 is 2.83 bits per heavy atom. The van der Waals surface area contributed by atoms with Crippen LogP contribution in [0.5, 0.6) is 5.75 Å². The van der Waals surface area contributed by atoms with Gasteiger partial charge in [-0.25, -0.2) is 9.38 Å². The van der Waals surface area contributed by atoms with Crippen molar-refractivity contribution in [1.29, 1.82) is 0 Å². The highest BCUT2D eigenvalue weighted by molar-refractivity contribution is 7.97. The maximum atomic E-state index is 13.3. The van der Waals surface area contributed by atoms with Gasteiger partial charge in [0.05, 0.1) is 13.7 Å². The lowest BCUT2D eigenvalue weighted by Gasteiger charge is -2.09. The second kappa shape index (κ2) is 8.43. The molecule has 0 amide bonds. The molecule has 2 aromatic carbocycles. The fourth-order valence-corrected chi connectivity index (χ4v) is 2.68. The van der Waals surface area contributed by atoms with Crippen LogP contribution in [0.2, 0.25) is 0 Å². The lowest BCUT2D eigenvalue weighted by atomic mass is 10.1. The maximum Gasteiger partial charge on any atom is 0.193 e. The minimum Gasteiger partial charge on any atom is -0.497 e. The fraction of sp³-hybridized carbons (Fsp3) is 0.235. The largest absolute Gasteiger partial charge is 0.497 e. The number of nitrogens with one attached hydrogen (secondary N) is 1. The van der Waals surface area contributed by atoms with Gasteiger partial charge in [0.1, 0.15) is 11.6 Å². The Kier molecular flexibility index (Phi) is 6.29. The monoisotopic (exact) mass is 333 g/mol. The standard InChI is InChI=1S/C17H20FN3OS/c1-22-16-5-3-4-15(9-16)21-17(19)20-10-12-6-7-14(18)8-13(12)11-23-2/h3-9H,10-11H2,1-2H3,(H3,19,20,21). The Bertz CT molecular complexity index is 691. The highest BCUT2D eigenvalue weighted by atomic mass is 32.2. The van der Waals surface area contributed by atoms with Gasteiger partial charge < -0.3 is 15.8 Å². The lowest BCUT2D eigenvalue weighted by molar-refractivity contribution is 0.415. The number of guanidine groups is 1. The van der Waals surface area contributed by atoms with Crippen LogP contribution in [0.15, 0.2) is 47.5 Å². The third-order valence-electron chi connectivity index (χ3n) is 3.23. The Hall–Kier alpha value is -2.21. The summed E-state index contributed by atoms with van der Waals surface area (Å²) in [6.45, 7) is 0.402. The van der Waals surface area contributed by atoms with Gasteiger partial charge in [-0.3, -0.25) is 0 Å². The second-order valence-electron chi connectivity index (χ2n) is 4.90. The van der Waals surface area contributed by atoms with Crippen LogP contribution in [0.1, 0.15) is 11.1 Å². The Morgan fingerprint density at radius 1 is 1.26 bits per heavy atom. The first-order valence-corrected chi connectivity index (χ1v) is 8.49. The van der Waals surface area contributed by atoms with Crippen molar-refractivity contribution >= 4 is 23.4 Å². The van der Waals surface area contributed by atoms with Crippen molar-refractivity contribution < 1.29 is 9.13 Å². The molecule has 0 unspecified atom stereocenters. The minimum atomic E-state index is -0.232. The quantitative estimate of drug-likeness (QED) is 0.626. The number of thioether (sulfide) groups is 1. The first-order chi connectivity index (χ1) is 11.1. The average Bonchev–Trinajstić information content (AvgIpc) is 2.54. The topological polar surface area (TPSA) is 59.6 Å². The SMILES string of the molecule is COc1cccc(NC(N)=NCc2ccc(F)cc2CSC)c1. The highest BCUT2D eigenvalue weighted by Gasteiger charge is 2.04. The van der Waals surface area contributed by atoms with Gasteiger partial charge in [-0.15, -0.1) is 0 Å². The van der Waals surface area contributed by atoms with E-state index in [1.807, 2.05) is 30.5 Å². The zero-order valence-corrected chi connectivity index (χ0v) is 14.0. The number of nitrogens with two attached hydrogens (primary N) is 1. The average molecular weight is 333 g/mol. The summed E-state index contributed by atoms with van der Waals surface area (Å²) in [7, 11) is 1.61. The predicted octanol–water partition coefficient (Wildman–Crippen LogP) is 3.62. The molecule has 0 atom stereocenters. The molecule has 0 aliphatic carbocycles. The summed E-state index contributed by atoms with van der Waals surface area (Å²) in [5.41, 5.74) is 8.63. The van der Waals surface area contributed by atoms with Crippen LogP contribution in [-0.4, -0.2) is 19.3 Å². The van der Waals surface area contributed by atoms with E-state index >= 15 is 0 Å². The van der Waals surface area contributed by atoms with E-state index in [0.29, 0.717) is 12.5 Å². The molecule has 0 heterocycles. The van der Waals surface area contributed by atoms with Crippen LogP contribution in [0.25, 0.3) is 0 Å². The van der Waals surface area contributed by atoms with Crippen LogP contribution >= 0.6 is 11.8 Å². The summed E-state index contributed by atoms with van der Waals surface area (Å²) < 4.78 is 18.5. The smallest absolute Gasteiger partial charge is 0.193 e. The van der Waals surface area contributed by atoms with Gasteiger partial charge in [-0.1, -0.05) is 12.1 Å². The van der Waals surface area contributed by atoms with Gasteiger partial charge in [0.2, 0.25) is 0 Å². The number of methoxy groups -OCH3 is 1. The number of aliphatic imine (C=N–C) groups is 1. The number of halogens is 1. The molecule has 0 aromatic heterocycles. The van der Waals surface area contributed by atoms with Crippen LogP contribution < -0.4 is 15.8 Å². The predicted molar refractivity (Wildman–Crippen MR) is 95.6 cm³/mol. The van der Waals surface area contributed by atoms with Gasteiger partial charge in [0, 0.05) is 17.5 Å². The summed E-state index contributed by atoms with van der Waals surface area (Å²) in [5, 5.41) is 3.02. The number of ether oxygens (including phenoxy) is 1. The highest BCUT2D eigenvalue weighted by Crippen LogP contribution is 2.18. The molecule has 4 nitrogen and oxygen atoms in total. The molecule has 0 saturated carbocycles. The van der Waals surface area contributed by atoms with E-state index in [9.17, 15) is 4.39 Å². The molecule has 23 heavy (non-hydrogen) atoms. The Morgan fingerprint density at radius 2 is 2.09 bits per heavy atom. The maximum absolute atomic E-state index is 13.3. The molecule has 3 N–H and O–H groups in total.